The normalized spacial score (nSPS) is 16.5. The van der Waals surface area contributed by atoms with Crippen LogP contribution in [-0.4, -0.2) is 30.6 Å². The SMILES string of the molecule is COC(C)C(=O)N1CCc2ccc(N)cc2C1. The average molecular weight is 234 g/mol. The molecule has 0 bridgehead atoms. The highest BCUT2D eigenvalue weighted by Gasteiger charge is 2.24. The number of methoxy groups -OCH3 is 1. The number of carbonyl (C=O) groups is 1. The Bertz CT molecular complexity index is 431. The Morgan fingerprint density at radius 2 is 2.24 bits per heavy atom. The van der Waals surface area contributed by atoms with Crippen LogP contribution < -0.4 is 5.73 Å². The molecule has 0 radical (unpaired) electrons. The van der Waals surface area contributed by atoms with Gasteiger partial charge in [-0.3, -0.25) is 4.79 Å². The topological polar surface area (TPSA) is 55.6 Å². The van der Waals surface area contributed by atoms with Crippen molar-refractivity contribution < 1.29 is 9.53 Å². The van der Waals surface area contributed by atoms with Crippen molar-refractivity contribution in [3.8, 4) is 0 Å². The van der Waals surface area contributed by atoms with Gasteiger partial charge in [0.15, 0.2) is 0 Å². The van der Waals surface area contributed by atoms with Crippen LogP contribution in [0.1, 0.15) is 18.1 Å². The Balaban J connectivity index is 2.15. The summed E-state index contributed by atoms with van der Waals surface area (Å²) in [6.45, 7) is 3.16. The number of hydrogen-bond acceptors (Lipinski definition) is 3. The fraction of sp³-hybridized carbons (Fsp3) is 0.462. The number of ether oxygens (including phenoxy) is 1. The van der Waals surface area contributed by atoms with Gasteiger partial charge in [-0.15, -0.1) is 0 Å². The molecule has 4 heteroatoms. The number of hydrogen-bond donors (Lipinski definition) is 1. The molecule has 0 saturated heterocycles. The summed E-state index contributed by atoms with van der Waals surface area (Å²) in [5, 5.41) is 0. The lowest BCUT2D eigenvalue weighted by atomic mass is 9.99. The average Bonchev–Trinajstić information content (AvgIpc) is 2.36. The Morgan fingerprint density at radius 1 is 1.47 bits per heavy atom. The predicted molar refractivity (Wildman–Crippen MR) is 66.4 cm³/mol. The third-order valence-corrected chi connectivity index (χ3v) is 3.26. The first kappa shape index (κ1) is 11.9. The van der Waals surface area contributed by atoms with Crippen LogP contribution in [0.3, 0.4) is 0 Å². The molecule has 0 spiro atoms. The smallest absolute Gasteiger partial charge is 0.251 e. The monoisotopic (exact) mass is 234 g/mol. The highest BCUT2D eigenvalue weighted by Crippen LogP contribution is 2.21. The number of nitrogens with two attached hydrogens (primary N) is 1. The molecule has 1 heterocycles. The molecule has 1 amide bonds. The Morgan fingerprint density at radius 3 is 2.94 bits per heavy atom. The molecule has 92 valence electrons. The molecular formula is C13H18N2O2. The molecular weight excluding hydrogens is 216 g/mol. The van der Waals surface area contributed by atoms with Crippen LogP contribution in [0.5, 0.6) is 0 Å². The number of fused-ring (bicyclic) bond motifs is 1. The zero-order valence-electron chi connectivity index (χ0n) is 10.3. The number of anilines is 1. The molecule has 0 aliphatic carbocycles. The predicted octanol–water partition coefficient (Wildman–Crippen LogP) is 1.19. The highest BCUT2D eigenvalue weighted by molar-refractivity contribution is 5.80. The maximum atomic E-state index is 12.0. The molecule has 1 aliphatic rings. The molecule has 1 unspecified atom stereocenters. The van der Waals surface area contributed by atoms with E-state index in [-0.39, 0.29) is 12.0 Å². The largest absolute Gasteiger partial charge is 0.399 e. The van der Waals surface area contributed by atoms with E-state index >= 15 is 0 Å². The number of carbonyl (C=O) groups excluding carboxylic acids is 1. The lowest BCUT2D eigenvalue weighted by Crippen LogP contribution is -2.41. The first-order valence-corrected chi connectivity index (χ1v) is 5.80. The van der Waals surface area contributed by atoms with Crippen LogP contribution in [0.2, 0.25) is 0 Å². The second-order valence-corrected chi connectivity index (χ2v) is 4.42. The zero-order chi connectivity index (χ0) is 12.4. The van der Waals surface area contributed by atoms with E-state index in [9.17, 15) is 4.79 Å². The Labute approximate surface area is 101 Å². The molecule has 0 fully saturated rings. The molecule has 4 nitrogen and oxygen atoms in total. The number of nitrogens with zero attached hydrogens (tertiary/aromatic N) is 1. The molecule has 0 saturated carbocycles. The van der Waals surface area contributed by atoms with E-state index < -0.39 is 0 Å². The van der Waals surface area contributed by atoms with E-state index in [2.05, 4.69) is 0 Å². The number of nitrogen functional groups attached to an aromatic ring is 1. The van der Waals surface area contributed by atoms with Crippen molar-refractivity contribution in [2.75, 3.05) is 19.4 Å². The van der Waals surface area contributed by atoms with Crippen LogP contribution in [0.25, 0.3) is 0 Å². The van der Waals surface area contributed by atoms with Crippen LogP contribution in [0.4, 0.5) is 5.69 Å². The fourth-order valence-electron chi connectivity index (χ4n) is 2.12. The first-order chi connectivity index (χ1) is 8.11. The fourth-order valence-corrected chi connectivity index (χ4v) is 2.12. The molecule has 17 heavy (non-hydrogen) atoms. The van der Waals surface area contributed by atoms with Gasteiger partial charge in [-0.1, -0.05) is 6.07 Å². The number of benzene rings is 1. The van der Waals surface area contributed by atoms with Crippen molar-refractivity contribution in [2.45, 2.75) is 26.0 Å². The summed E-state index contributed by atoms with van der Waals surface area (Å²) in [7, 11) is 1.55. The Hall–Kier alpha value is -1.55. The third kappa shape index (κ3) is 2.42. The second kappa shape index (κ2) is 4.75. The van der Waals surface area contributed by atoms with Crippen LogP contribution in [0, 0.1) is 0 Å². The zero-order valence-corrected chi connectivity index (χ0v) is 10.3. The van der Waals surface area contributed by atoms with Gasteiger partial charge in [0.2, 0.25) is 0 Å². The maximum absolute atomic E-state index is 12.0. The lowest BCUT2D eigenvalue weighted by molar-refractivity contribution is -0.141. The van der Waals surface area contributed by atoms with Crippen molar-refractivity contribution in [3.63, 3.8) is 0 Å². The summed E-state index contributed by atoms with van der Waals surface area (Å²) in [6.07, 6.45) is 0.509. The van der Waals surface area contributed by atoms with E-state index in [4.69, 9.17) is 10.5 Å². The van der Waals surface area contributed by atoms with Gasteiger partial charge in [-0.25, -0.2) is 0 Å². The molecule has 0 aromatic heterocycles. The highest BCUT2D eigenvalue weighted by atomic mass is 16.5. The third-order valence-electron chi connectivity index (χ3n) is 3.26. The van der Waals surface area contributed by atoms with E-state index in [1.807, 2.05) is 23.1 Å². The summed E-state index contributed by atoms with van der Waals surface area (Å²) in [6, 6.07) is 5.91. The minimum Gasteiger partial charge on any atom is -0.399 e. The standard InChI is InChI=1S/C13H18N2O2/c1-9(17-2)13(16)15-6-5-10-3-4-12(14)7-11(10)8-15/h3-4,7,9H,5-6,8,14H2,1-2H3. The van der Waals surface area contributed by atoms with Gasteiger partial charge in [0.05, 0.1) is 0 Å². The van der Waals surface area contributed by atoms with Crippen molar-refractivity contribution >= 4 is 11.6 Å². The van der Waals surface area contributed by atoms with E-state index in [0.717, 1.165) is 24.2 Å². The van der Waals surface area contributed by atoms with Crippen LogP contribution >= 0.6 is 0 Å². The molecule has 2 N–H and O–H groups in total. The molecule has 1 aromatic carbocycles. The minimum atomic E-state index is -0.377. The van der Waals surface area contributed by atoms with Gasteiger partial charge >= 0.3 is 0 Å². The van der Waals surface area contributed by atoms with Gasteiger partial charge in [0, 0.05) is 25.9 Å². The van der Waals surface area contributed by atoms with Gasteiger partial charge in [-0.05, 0) is 36.6 Å². The van der Waals surface area contributed by atoms with Gasteiger partial charge < -0.3 is 15.4 Å². The van der Waals surface area contributed by atoms with Gasteiger partial charge in [-0.2, -0.15) is 0 Å². The molecule has 1 atom stereocenters. The van der Waals surface area contributed by atoms with E-state index in [0.29, 0.717) is 6.54 Å². The van der Waals surface area contributed by atoms with Crippen molar-refractivity contribution in [2.24, 2.45) is 0 Å². The van der Waals surface area contributed by atoms with E-state index in [1.54, 1.807) is 14.0 Å². The minimum absolute atomic E-state index is 0.0422. The van der Waals surface area contributed by atoms with Crippen molar-refractivity contribution in [3.05, 3.63) is 29.3 Å². The number of amides is 1. The second-order valence-electron chi connectivity index (χ2n) is 4.42. The molecule has 2 rings (SSSR count). The summed E-state index contributed by atoms with van der Waals surface area (Å²) in [4.78, 5) is 13.8. The van der Waals surface area contributed by atoms with Crippen LogP contribution in [-0.2, 0) is 22.5 Å². The summed E-state index contributed by atoms with van der Waals surface area (Å²) in [5.74, 6) is 0.0422. The summed E-state index contributed by atoms with van der Waals surface area (Å²) < 4.78 is 5.06. The van der Waals surface area contributed by atoms with E-state index in [1.165, 1.54) is 5.56 Å². The summed E-state index contributed by atoms with van der Waals surface area (Å²) >= 11 is 0. The molecule has 1 aliphatic heterocycles. The quantitative estimate of drug-likeness (QED) is 0.782. The van der Waals surface area contributed by atoms with Crippen LogP contribution in [0.15, 0.2) is 18.2 Å². The van der Waals surface area contributed by atoms with Crippen molar-refractivity contribution in [1.82, 2.24) is 4.90 Å². The Kier molecular flexibility index (Phi) is 3.33. The number of rotatable bonds is 2. The summed E-state index contributed by atoms with van der Waals surface area (Å²) in [5.41, 5.74) is 8.94. The van der Waals surface area contributed by atoms with Crippen molar-refractivity contribution in [1.29, 1.82) is 0 Å². The maximum Gasteiger partial charge on any atom is 0.251 e. The van der Waals surface area contributed by atoms with Gasteiger partial charge in [0.25, 0.3) is 5.91 Å². The molecule has 1 aromatic rings. The lowest BCUT2D eigenvalue weighted by Gasteiger charge is -2.30. The van der Waals surface area contributed by atoms with Gasteiger partial charge in [0.1, 0.15) is 6.10 Å². The first-order valence-electron chi connectivity index (χ1n) is 5.80.